The van der Waals surface area contributed by atoms with Crippen LogP contribution >= 0.6 is 22.9 Å². The zero-order valence-electron chi connectivity index (χ0n) is 12.4. The minimum atomic E-state index is 0.0365. The molecule has 0 aliphatic carbocycles. The molecule has 1 heterocycles. The third kappa shape index (κ3) is 4.09. The molecule has 1 atom stereocenters. The van der Waals surface area contributed by atoms with E-state index in [0.29, 0.717) is 23.9 Å². The van der Waals surface area contributed by atoms with Gasteiger partial charge in [0.15, 0.2) is 5.75 Å². The van der Waals surface area contributed by atoms with Crippen LogP contribution in [0.5, 0.6) is 5.75 Å². The van der Waals surface area contributed by atoms with Gasteiger partial charge in [-0.25, -0.2) is 4.98 Å². The number of nitrogens with zero attached hydrogens (tertiary/aromatic N) is 1. The highest BCUT2D eigenvalue weighted by Gasteiger charge is 2.11. The Bertz CT molecular complexity index is 589. The quantitative estimate of drug-likeness (QED) is 0.812. The topological polar surface area (TPSA) is 43.4 Å². The molecule has 4 nitrogen and oxygen atoms in total. The Kier molecular flexibility index (Phi) is 5.85. The Morgan fingerprint density at radius 2 is 2.24 bits per heavy atom. The second kappa shape index (κ2) is 7.64. The van der Waals surface area contributed by atoms with Gasteiger partial charge in [-0.15, -0.1) is 11.3 Å². The van der Waals surface area contributed by atoms with Gasteiger partial charge in [-0.05, 0) is 26.0 Å². The first-order valence-corrected chi connectivity index (χ1v) is 8.03. The summed E-state index contributed by atoms with van der Waals surface area (Å²) in [6, 6.07) is 5.62. The zero-order valence-corrected chi connectivity index (χ0v) is 13.9. The van der Waals surface area contributed by atoms with Gasteiger partial charge in [-0.3, -0.25) is 0 Å². The third-order valence-corrected chi connectivity index (χ3v) is 4.32. The SMILES string of the molecule is CCO[C@H](C)c1nc(CNc2cccc(Cl)c2OC)cs1. The Hall–Kier alpha value is -1.30. The molecular weight excluding hydrogens is 308 g/mol. The second-order valence-corrected chi connectivity index (χ2v) is 5.75. The van der Waals surface area contributed by atoms with E-state index in [1.807, 2.05) is 31.4 Å². The second-order valence-electron chi connectivity index (χ2n) is 4.45. The van der Waals surface area contributed by atoms with E-state index in [4.69, 9.17) is 21.1 Å². The Morgan fingerprint density at radius 1 is 1.43 bits per heavy atom. The highest BCUT2D eigenvalue weighted by molar-refractivity contribution is 7.09. The highest BCUT2D eigenvalue weighted by Crippen LogP contribution is 2.32. The molecule has 114 valence electrons. The summed E-state index contributed by atoms with van der Waals surface area (Å²) in [5.74, 6) is 0.650. The molecule has 21 heavy (non-hydrogen) atoms. The molecule has 2 rings (SSSR count). The predicted octanol–water partition coefficient (Wildman–Crippen LogP) is 4.51. The molecule has 0 fully saturated rings. The molecule has 6 heteroatoms. The molecule has 0 amide bonds. The van der Waals surface area contributed by atoms with Crippen LogP contribution < -0.4 is 10.1 Å². The summed E-state index contributed by atoms with van der Waals surface area (Å²) in [5.41, 5.74) is 1.83. The predicted molar refractivity (Wildman–Crippen MR) is 87.5 cm³/mol. The van der Waals surface area contributed by atoms with Gasteiger partial charge in [-0.1, -0.05) is 17.7 Å². The zero-order chi connectivity index (χ0) is 15.2. The fourth-order valence-electron chi connectivity index (χ4n) is 1.95. The molecule has 1 N–H and O–H groups in total. The van der Waals surface area contributed by atoms with Crippen molar-refractivity contribution in [2.24, 2.45) is 0 Å². The van der Waals surface area contributed by atoms with Crippen LogP contribution in [0.1, 0.15) is 30.7 Å². The van der Waals surface area contributed by atoms with Crippen LogP contribution in [-0.4, -0.2) is 18.7 Å². The first kappa shape index (κ1) is 16.1. The normalized spacial score (nSPS) is 12.2. The van der Waals surface area contributed by atoms with Crippen molar-refractivity contribution in [2.75, 3.05) is 19.0 Å². The van der Waals surface area contributed by atoms with E-state index < -0.39 is 0 Å². The molecule has 1 aromatic heterocycles. The summed E-state index contributed by atoms with van der Waals surface area (Å²) >= 11 is 7.71. The van der Waals surface area contributed by atoms with E-state index in [2.05, 4.69) is 10.3 Å². The number of rotatable bonds is 7. The minimum Gasteiger partial charge on any atom is -0.493 e. The Balaban J connectivity index is 2.02. The summed E-state index contributed by atoms with van der Waals surface area (Å²) in [4.78, 5) is 4.58. The lowest BCUT2D eigenvalue weighted by molar-refractivity contribution is 0.0761. The van der Waals surface area contributed by atoms with Crippen molar-refractivity contribution in [3.8, 4) is 5.75 Å². The van der Waals surface area contributed by atoms with Gasteiger partial charge in [0.1, 0.15) is 11.1 Å². The highest BCUT2D eigenvalue weighted by atomic mass is 35.5. The number of hydrogen-bond acceptors (Lipinski definition) is 5. The van der Waals surface area contributed by atoms with Crippen molar-refractivity contribution in [2.45, 2.75) is 26.5 Å². The molecule has 1 aromatic carbocycles. The standard InChI is InChI=1S/C15H19ClN2O2S/c1-4-20-10(2)15-18-11(9-21-15)8-17-13-7-5-6-12(16)14(13)19-3/h5-7,9-10,17H,4,8H2,1-3H3/t10-/m1/s1. The van der Waals surface area contributed by atoms with E-state index in [-0.39, 0.29) is 6.10 Å². The molecule has 2 aromatic rings. The van der Waals surface area contributed by atoms with E-state index in [1.54, 1.807) is 24.5 Å². The number of thiazole rings is 1. The van der Waals surface area contributed by atoms with Gasteiger partial charge in [0.2, 0.25) is 0 Å². The van der Waals surface area contributed by atoms with Crippen LogP contribution in [0.4, 0.5) is 5.69 Å². The van der Waals surface area contributed by atoms with Crippen molar-refractivity contribution < 1.29 is 9.47 Å². The molecule has 0 aliphatic rings. The van der Waals surface area contributed by atoms with Gasteiger partial charge in [0.05, 0.1) is 30.1 Å². The minimum absolute atomic E-state index is 0.0365. The van der Waals surface area contributed by atoms with Crippen LogP contribution in [0.15, 0.2) is 23.6 Å². The van der Waals surface area contributed by atoms with Gasteiger partial charge in [0.25, 0.3) is 0 Å². The maximum absolute atomic E-state index is 6.10. The van der Waals surface area contributed by atoms with Crippen LogP contribution in [0, 0.1) is 0 Å². The first-order valence-electron chi connectivity index (χ1n) is 6.78. The van der Waals surface area contributed by atoms with Gasteiger partial charge < -0.3 is 14.8 Å². The number of halogens is 1. The summed E-state index contributed by atoms with van der Waals surface area (Å²) in [5, 5.41) is 6.92. The lowest BCUT2D eigenvalue weighted by Crippen LogP contribution is -2.03. The molecule has 0 radical (unpaired) electrons. The summed E-state index contributed by atoms with van der Waals surface area (Å²) in [6.45, 7) is 5.30. The lowest BCUT2D eigenvalue weighted by atomic mass is 10.3. The van der Waals surface area contributed by atoms with Crippen molar-refractivity contribution >= 4 is 28.6 Å². The summed E-state index contributed by atoms with van der Waals surface area (Å²) in [7, 11) is 1.61. The van der Waals surface area contributed by atoms with Crippen LogP contribution in [-0.2, 0) is 11.3 Å². The molecule has 0 bridgehead atoms. The largest absolute Gasteiger partial charge is 0.493 e. The fourth-order valence-corrected chi connectivity index (χ4v) is 3.03. The maximum atomic E-state index is 6.10. The Morgan fingerprint density at radius 3 is 2.95 bits per heavy atom. The van der Waals surface area contributed by atoms with Crippen LogP contribution in [0.3, 0.4) is 0 Å². The average Bonchev–Trinajstić information content (AvgIpc) is 2.94. The number of hydrogen-bond donors (Lipinski definition) is 1. The van der Waals surface area contributed by atoms with Crippen LogP contribution in [0.2, 0.25) is 5.02 Å². The Labute approximate surface area is 134 Å². The molecular formula is C15H19ClN2O2S. The number of ether oxygens (including phenoxy) is 2. The number of methoxy groups -OCH3 is 1. The number of aromatic nitrogens is 1. The lowest BCUT2D eigenvalue weighted by Gasteiger charge is -2.11. The third-order valence-electron chi connectivity index (χ3n) is 2.97. The van der Waals surface area contributed by atoms with Gasteiger partial charge >= 0.3 is 0 Å². The smallest absolute Gasteiger partial charge is 0.160 e. The molecule has 0 spiro atoms. The fraction of sp³-hybridized carbons (Fsp3) is 0.400. The maximum Gasteiger partial charge on any atom is 0.160 e. The van der Waals surface area contributed by atoms with Crippen molar-refractivity contribution in [1.29, 1.82) is 0 Å². The van der Waals surface area contributed by atoms with Gasteiger partial charge in [0, 0.05) is 12.0 Å². The molecule has 0 saturated heterocycles. The summed E-state index contributed by atoms with van der Waals surface area (Å²) in [6.07, 6.45) is 0.0365. The number of para-hydroxylation sites is 1. The van der Waals surface area contributed by atoms with Crippen molar-refractivity contribution in [3.63, 3.8) is 0 Å². The number of benzene rings is 1. The van der Waals surface area contributed by atoms with Crippen molar-refractivity contribution in [3.05, 3.63) is 39.3 Å². The average molecular weight is 327 g/mol. The molecule has 0 saturated carbocycles. The van der Waals surface area contributed by atoms with Crippen molar-refractivity contribution in [1.82, 2.24) is 4.98 Å². The van der Waals surface area contributed by atoms with E-state index >= 15 is 0 Å². The molecule has 0 aliphatic heterocycles. The van der Waals surface area contributed by atoms with Crippen LogP contribution in [0.25, 0.3) is 0 Å². The van der Waals surface area contributed by atoms with Gasteiger partial charge in [-0.2, -0.15) is 0 Å². The van der Waals surface area contributed by atoms with E-state index in [1.165, 1.54) is 0 Å². The monoisotopic (exact) mass is 326 g/mol. The summed E-state index contributed by atoms with van der Waals surface area (Å²) < 4.78 is 10.9. The van der Waals surface area contributed by atoms with E-state index in [0.717, 1.165) is 16.4 Å². The van der Waals surface area contributed by atoms with E-state index in [9.17, 15) is 0 Å². The number of nitrogens with one attached hydrogen (secondary N) is 1. The number of anilines is 1. The molecule has 0 unspecified atom stereocenters. The first-order chi connectivity index (χ1) is 10.2.